The molecule has 2 aromatic rings. The van der Waals surface area contributed by atoms with Crippen LogP contribution in [-0.2, 0) is 38.0 Å². The third kappa shape index (κ3) is 23.5. The molecular formula is C76H128F6N2O15P2. The number of cyclic esters (lactones) is 1. The average molecular weight is 1490 g/mol. The first-order valence-corrected chi connectivity index (χ1v) is 41.8. The molecule has 18 atom stereocenters. The maximum atomic E-state index is 15.2. The zero-order valence-corrected chi connectivity index (χ0v) is 65.4. The van der Waals surface area contributed by atoms with Crippen molar-refractivity contribution in [3.63, 3.8) is 0 Å². The number of hydrogen-bond donors (Lipinski definition) is 5. The summed E-state index contributed by atoms with van der Waals surface area (Å²) in [5.41, 5.74) is -0.552. The minimum absolute atomic E-state index is 0.00362. The molecule has 25 heteroatoms. The van der Waals surface area contributed by atoms with Gasteiger partial charge in [-0.1, -0.05) is 77.6 Å². The number of nitrogens with zero attached hydrogens (tertiary/aromatic N) is 2. The molecule has 0 spiro atoms. The van der Waals surface area contributed by atoms with Gasteiger partial charge in [0.15, 0.2) is 12.6 Å². The van der Waals surface area contributed by atoms with Crippen molar-refractivity contribution in [1.29, 1.82) is 0 Å². The third-order valence-corrected chi connectivity index (χ3v) is 28.4. The van der Waals surface area contributed by atoms with Crippen LogP contribution in [0.1, 0.15) is 225 Å². The fourth-order valence-corrected chi connectivity index (χ4v) is 24.0. The van der Waals surface area contributed by atoms with Crippen molar-refractivity contribution in [2.45, 2.75) is 334 Å². The van der Waals surface area contributed by atoms with Crippen molar-refractivity contribution in [3.8, 4) is 22.6 Å². The van der Waals surface area contributed by atoms with Crippen LogP contribution in [0.5, 0.6) is 11.5 Å². The Hall–Kier alpha value is -3.02. The maximum absolute atomic E-state index is 15.2. The van der Waals surface area contributed by atoms with E-state index in [0.717, 1.165) is 42.7 Å². The molecule has 101 heavy (non-hydrogen) atoms. The number of likely N-dealkylation sites (N-methyl/N-ethyl adjacent to an activating group) is 1. The van der Waals surface area contributed by atoms with Gasteiger partial charge in [0.25, 0.3) is 0 Å². The molecule has 3 aliphatic heterocycles. The second kappa shape index (κ2) is 35.8. The second-order valence-corrected chi connectivity index (χ2v) is 38.1. The molecule has 3 heterocycles. The van der Waals surface area contributed by atoms with Gasteiger partial charge in [0.2, 0.25) is 5.91 Å². The first-order chi connectivity index (χ1) is 46.9. The van der Waals surface area contributed by atoms with Crippen LogP contribution < -0.4 is 14.8 Å². The number of amides is 1. The average Bonchev–Trinajstić information content (AvgIpc) is 0.801. The minimum atomic E-state index is -10.7. The number of hydrogen-bond acceptors (Lipinski definition) is 16. The Balaban J connectivity index is 0.00000217. The van der Waals surface area contributed by atoms with Crippen LogP contribution >= 0.6 is 15.1 Å². The Morgan fingerprint density at radius 3 is 1.82 bits per heavy atom. The molecule has 5 N–H and O–H groups in total. The molecule has 7 rings (SSSR count). The van der Waals surface area contributed by atoms with Crippen molar-refractivity contribution in [2.75, 3.05) is 40.5 Å². The molecule has 2 saturated carbocycles. The first-order valence-electron chi connectivity index (χ1n) is 37.6. The summed E-state index contributed by atoms with van der Waals surface area (Å²) in [6.07, 6.45) is 9.86. The molecule has 17 nitrogen and oxygen atoms in total. The Morgan fingerprint density at radius 1 is 0.752 bits per heavy atom. The van der Waals surface area contributed by atoms with Gasteiger partial charge in [-0.15, -0.1) is 0 Å². The molecule has 5 aliphatic rings. The van der Waals surface area contributed by atoms with Crippen LogP contribution in [0.15, 0.2) is 42.5 Å². The summed E-state index contributed by atoms with van der Waals surface area (Å²) in [7, 11) is -7.19. The third-order valence-electron chi connectivity index (χ3n) is 22.4. The molecule has 5 fully saturated rings. The zero-order valence-electron chi connectivity index (χ0n) is 63.6. The summed E-state index contributed by atoms with van der Waals surface area (Å²) in [6, 6.07) is 14.5. The predicted molar refractivity (Wildman–Crippen MR) is 388 cm³/mol. The molecule has 0 unspecified atom stereocenters. The van der Waals surface area contributed by atoms with Crippen molar-refractivity contribution < 1.29 is 98.2 Å². The molecule has 3 saturated heterocycles. The van der Waals surface area contributed by atoms with E-state index in [1.165, 1.54) is 83.0 Å². The first kappa shape index (κ1) is 86.9. The van der Waals surface area contributed by atoms with Crippen LogP contribution in [0.25, 0.3) is 11.1 Å². The van der Waals surface area contributed by atoms with E-state index in [4.69, 9.17) is 37.9 Å². The Kier molecular flexibility index (Phi) is 30.8. The number of methoxy groups -OCH3 is 1. The topological polar surface area (TPSA) is 216 Å². The zero-order chi connectivity index (χ0) is 75.4. The molecule has 2 aromatic carbocycles. The Labute approximate surface area is 600 Å². The fourth-order valence-electron chi connectivity index (χ4n) is 17.3. The van der Waals surface area contributed by atoms with Crippen molar-refractivity contribution >= 4 is 32.3 Å². The second-order valence-electron chi connectivity index (χ2n) is 31.9. The van der Waals surface area contributed by atoms with Gasteiger partial charge in [0.1, 0.15) is 35.1 Å². The predicted octanol–water partition coefficient (Wildman–Crippen LogP) is 16.0. The monoisotopic (exact) mass is 1480 g/mol. The number of halogens is 6. The summed E-state index contributed by atoms with van der Waals surface area (Å²) in [4.78, 5) is 33.8. The van der Waals surface area contributed by atoms with Crippen LogP contribution in [0, 0.1) is 23.2 Å². The molecule has 1 amide bonds. The number of carbonyl (C=O) groups is 2. The van der Waals surface area contributed by atoms with Gasteiger partial charge in [-0.05, 0) is 197 Å². The number of benzene rings is 2. The Bertz CT molecular complexity index is 2850. The van der Waals surface area contributed by atoms with Crippen molar-refractivity contribution in [3.05, 3.63) is 42.5 Å². The van der Waals surface area contributed by atoms with Crippen LogP contribution in [0.3, 0.4) is 0 Å². The number of aliphatic hydroxyl groups excluding tert-OH is 4. The van der Waals surface area contributed by atoms with Gasteiger partial charge in [-0.25, -0.2) is 0 Å². The number of rotatable bonds is 24. The quantitative estimate of drug-likeness (QED) is 0.0286. The number of aliphatic hydroxyl groups is 5. The van der Waals surface area contributed by atoms with E-state index in [0.29, 0.717) is 24.2 Å². The molecule has 0 radical (unpaired) electrons. The van der Waals surface area contributed by atoms with E-state index in [2.05, 4.69) is 70.2 Å². The molecule has 584 valence electrons. The van der Waals surface area contributed by atoms with Crippen molar-refractivity contribution in [2.24, 2.45) is 23.2 Å². The summed E-state index contributed by atoms with van der Waals surface area (Å²) < 4.78 is 111. The summed E-state index contributed by atoms with van der Waals surface area (Å²) in [6.45, 7) is 25.9. The van der Waals surface area contributed by atoms with Crippen LogP contribution in [-0.4, -0.2) is 196 Å². The molecule has 2 aliphatic carbocycles. The van der Waals surface area contributed by atoms with Gasteiger partial charge < -0.3 is 73.2 Å². The normalized spacial score (nSPS) is 34.3. The van der Waals surface area contributed by atoms with E-state index in [1.54, 1.807) is 51.7 Å². The van der Waals surface area contributed by atoms with E-state index >= 15 is 9.59 Å². The van der Waals surface area contributed by atoms with Crippen molar-refractivity contribution in [1.82, 2.24) is 9.80 Å². The molecule has 0 aromatic heterocycles. The number of carbonyl (C=O) groups excluding carboxylic acids is 2. The van der Waals surface area contributed by atoms with Crippen LogP contribution in [0.4, 0.5) is 25.2 Å². The van der Waals surface area contributed by atoms with E-state index in [1.807, 2.05) is 46.7 Å². The summed E-state index contributed by atoms with van der Waals surface area (Å²) >= 11 is 0. The van der Waals surface area contributed by atoms with E-state index in [9.17, 15) is 50.7 Å². The standard InChI is InChI=1S/C76H128N2O15P.F6P/c1-18-63-74(12,47-79)69(82)54(10)78(46-50(6)44-75(13,85)71(93-73-67(81)59(77(15)16)43-51(7)89-73)52(8)68(53(9)72(84)91-63)92-65-45-76(14,86-17)70(83)55(11)90-65)64(80)41-28-20-19-21-31-42-94(56-33-24-22-25-34-56,57-35-26-23-27-36-57)62-40-30-29-37-58(62)66-60(87-48(2)3)38-32-39-61(66)88-49(4)5;1-7(2,3,4,5)6/h29-30,32,37-40,48-57,59,63,65,67-71,73,79,81-83,85H,18-28,31,33-36,41-47H2,1-17H3;/q+1;-1/t50-,51-,52+,53-,54-,55+,59+,63-,65+,67-,68+,69-,70+,71-,73+,74-,75-,76-;/m1./s1. The van der Waals surface area contributed by atoms with Gasteiger partial charge in [0, 0.05) is 44.0 Å². The van der Waals surface area contributed by atoms with E-state index < -0.39 is 123 Å². The number of unbranched alkanes of at least 4 members (excludes halogenated alkanes) is 4. The molecule has 0 bridgehead atoms. The van der Waals surface area contributed by atoms with Gasteiger partial charge in [-0.2, -0.15) is 0 Å². The Morgan fingerprint density at radius 2 is 1.30 bits per heavy atom. The fraction of sp³-hybridized carbons (Fsp3) is 0.816. The number of ether oxygens (including phenoxy) is 8. The SMILES string of the molecule is CC[C@H]1OC(=O)[C@H](C)[C@@H](O[C@H]2C[C@@](C)(OC)[C@@H](O)[C@H](C)O2)[C@H](C)[C@@H](O[C@@H]2O[C@H](C)C[C@H](N(C)C)[C@H]2O)[C@](C)(O)C[C@@H](C)CN(C(=O)CCCCCCC[P+](c2ccccc2-c2c(OC(C)C)cccc2OC(C)C)(C2CCCCC2)C2CCCCC2)[C@H](C)[C@@H](O)[C@]1(C)CO.F[P-](F)(F)(F)(F)F. The number of esters is 1. The van der Waals surface area contributed by atoms with E-state index in [-0.39, 0.29) is 62.5 Å². The van der Waals surface area contributed by atoms with Gasteiger partial charge >= 0.3 is 39.0 Å². The summed E-state index contributed by atoms with van der Waals surface area (Å²) in [5, 5.41) is 62.2. The van der Waals surface area contributed by atoms with Crippen LogP contribution in [0.2, 0.25) is 0 Å². The molecular weight excluding hydrogens is 1360 g/mol. The van der Waals surface area contributed by atoms with Gasteiger partial charge in [0.05, 0.1) is 108 Å². The summed E-state index contributed by atoms with van der Waals surface area (Å²) in [5.74, 6) is -1.40. The van der Waals surface area contributed by atoms with Gasteiger partial charge in [-0.3, -0.25) is 9.59 Å².